The zero-order valence-electron chi connectivity index (χ0n) is 19.3. The summed E-state index contributed by atoms with van der Waals surface area (Å²) in [4.78, 5) is 26.3. The summed E-state index contributed by atoms with van der Waals surface area (Å²) in [7, 11) is 1.97. The van der Waals surface area contributed by atoms with Crippen molar-refractivity contribution in [2.45, 2.75) is 26.4 Å². The van der Waals surface area contributed by atoms with Gasteiger partial charge in [0.1, 0.15) is 5.75 Å². The lowest BCUT2D eigenvalue weighted by Gasteiger charge is -2.29. The zero-order chi connectivity index (χ0) is 23.5. The van der Waals surface area contributed by atoms with E-state index in [-0.39, 0.29) is 5.91 Å². The predicted molar refractivity (Wildman–Crippen MR) is 129 cm³/mol. The highest BCUT2D eigenvalue weighted by atomic mass is 16.5. The molecule has 0 atom stereocenters. The van der Waals surface area contributed by atoms with Crippen LogP contribution in [0, 0.1) is 6.92 Å². The summed E-state index contributed by atoms with van der Waals surface area (Å²) in [6.07, 6.45) is 2.12. The molecule has 0 N–H and O–H groups in total. The molecule has 172 valence electrons. The summed E-state index contributed by atoms with van der Waals surface area (Å²) in [5.74, 6) is 1.93. The average molecular weight is 455 g/mol. The molecule has 1 aliphatic rings. The molecule has 1 amide bonds. The van der Waals surface area contributed by atoms with E-state index in [0.717, 1.165) is 16.8 Å². The lowest BCUT2D eigenvalue weighted by Crippen LogP contribution is -2.37. The van der Waals surface area contributed by atoms with E-state index in [4.69, 9.17) is 19.1 Å². The molecule has 0 spiro atoms. The Morgan fingerprint density at radius 2 is 1.85 bits per heavy atom. The molecule has 0 radical (unpaired) electrons. The van der Waals surface area contributed by atoms with Crippen molar-refractivity contribution in [2.75, 3.05) is 18.5 Å². The Bertz CT molecular complexity index is 1270. The first-order valence-corrected chi connectivity index (χ1v) is 11.3. The van der Waals surface area contributed by atoms with E-state index in [2.05, 4.69) is 12.1 Å². The van der Waals surface area contributed by atoms with Gasteiger partial charge in [0, 0.05) is 26.6 Å². The van der Waals surface area contributed by atoms with E-state index in [9.17, 15) is 4.79 Å². The molecule has 0 saturated heterocycles. The number of nitrogens with zero attached hydrogens (tertiary/aromatic N) is 4. The largest absolute Gasteiger partial charge is 0.459 e. The fraction of sp³-hybridized carbons (Fsp3) is 0.222. The number of amides is 1. The van der Waals surface area contributed by atoms with Crippen molar-refractivity contribution in [2.24, 2.45) is 0 Å². The van der Waals surface area contributed by atoms with Crippen LogP contribution in [0.15, 0.2) is 77.4 Å². The Balaban J connectivity index is 1.47. The molecule has 7 heteroatoms. The molecule has 0 fully saturated rings. The van der Waals surface area contributed by atoms with E-state index >= 15 is 0 Å². The van der Waals surface area contributed by atoms with Crippen LogP contribution in [0.2, 0.25) is 0 Å². The number of fused-ring (bicyclic) bond motifs is 1. The zero-order valence-corrected chi connectivity index (χ0v) is 19.3. The topological polar surface area (TPSA) is 71.7 Å². The normalized spacial score (nSPS) is 12.8. The van der Waals surface area contributed by atoms with Crippen LogP contribution in [-0.4, -0.2) is 34.4 Å². The molecule has 0 aliphatic carbocycles. The molecular weight excluding hydrogens is 428 g/mol. The van der Waals surface area contributed by atoms with E-state index in [1.54, 1.807) is 17.0 Å². The molecule has 0 unspecified atom stereocenters. The lowest BCUT2D eigenvalue weighted by atomic mass is 10.1. The number of furan rings is 1. The van der Waals surface area contributed by atoms with Gasteiger partial charge in [0.25, 0.3) is 5.91 Å². The number of benzene rings is 2. The minimum Gasteiger partial charge on any atom is -0.459 e. The maximum Gasteiger partial charge on any atom is 0.289 e. The number of rotatable bonds is 6. The van der Waals surface area contributed by atoms with E-state index in [0.29, 0.717) is 49.4 Å². The van der Waals surface area contributed by atoms with Crippen LogP contribution in [0.3, 0.4) is 0 Å². The van der Waals surface area contributed by atoms with Crippen molar-refractivity contribution in [1.29, 1.82) is 0 Å². The monoisotopic (exact) mass is 454 g/mol. The second-order valence-electron chi connectivity index (χ2n) is 8.46. The van der Waals surface area contributed by atoms with Crippen molar-refractivity contribution in [3.8, 4) is 11.6 Å². The minimum absolute atomic E-state index is 0.151. The summed E-state index contributed by atoms with van der Waals surface area (Å²) < 4.78 is 11.6. The minimum atomic E-state index is -0.151. The maximum absolute atomic E-state index is 12.9. The molecular formula is C27H26N4O3. The van der Waals surface area contributed by atoms with Gasteiger partial charge in [-0.2, -0.15) is 4.98 Å². The van der Waals surface area contributed by atoms with Crippen molar-refractivity contribution in [3.05, 3.63) is 101 Å². The number of hydrogen-bond donors (Lipinski definition) is 0. The van der Waals surface area contributed by atoms with Crippen LogP contribution in [-0.2, 0) is 19.5 Å². The first kappa shape index (κ1) is 21.7. The number of aryl methyl sites for hydroxylation is 1. The summed E-state index contributed by atoms with van der Waals surface area (Å²) in [6, 6.07) is 21.4. The van der Waals surface area contributed by atoms with Crippen molar-refractivity contribution in [1.82, 2.24) is 14.9 Å². The fourth-order valence-electron chi connectivity index (χ4n) is 4.00. The molecule has 4 aromatic rings. The molecule has 5 rings (SSSR count). The van der Waals surface area contributed by atoms with Crippen LogP contribution in [0.4, 0.5) is 5.95 Å². The van der Waals surface area contributed by atoms with Crippen LogP contribution in [0.25, 0.3) is 0 Å². The number of carbonyl (C=O) groups excluding carboxylic acids is 1. The molecule has 7 nitrogen and oxygen atoms in total. The van der Waals surface area contributed by atoms with Crippen LogP contribution in [0.5, 0.6) is 11.6 Å². The summed E-state index contributed by atoms with van der Waals surface area (Å²) in [5, 5.41) is 0. The maximum atomic E-state index is 12.9. The third kappa shape index (κ3) is 4.64. The fourth-order valence-corrected chi connectivity index (χ4v) is 4.00. The number of aromatic nitrogens is 2. The van der Waals surface area contributed by atoms with Gasteiger partial charge in [0.2, 0.25) is 11.8 Å². The summed E-state index contributed by atoms with van der Waals surface area (Å²) in [6.45, 7) is 3.62. The summed E-state index contributed by atoms with van der Waals surface area (Å²) in [5.41, 5.74) is 4.04. The Morgan fingerprint density at radius 3 is 2.59 bits per heavy atom. The number of ether oxygens (including phenoxy) is 1. The van der Waals surface area contributed by atoms with Crippen molar-refractivity contribution < 1.29 is 13.9 Å². The average Bonchev–Trinajstić information content (AvgIpc) is 3.40. The van der Waals surface area contributed by atoms with Gasteiger partial charge in [-0.25, -0.2) is 4.98 Å². The third-order valence-corrected chi connectivity index (χ3v) is 5.87. The Hall–Kier alpha value is -4.13. The first-order valence-electron chi connectivity index (χ1n) is 11.3. The van der Waals surface area contributed by atoms with Gasteiger partial charge in [-0.05, 0) is 36.8 Å². The van der Waals surface area contributed by atoms with E-state index in [1.165, 1.54) is 11.8 Å². The third-order valence-electron chi connectivity index (χ3n) is 5.87. The predicted octanol–water partition coefficient (Wildman–Crippen LogP) is 5.01. The Kier molecular flexibility index (Phi) is 5.99. The van der Waals surface area contributed by atoms with Gasteiger partial charge >= 0.3 is 0 Å². The quantitative estimate of drug-likeness (QED) is 0.408. The van der Waals surface area contributed by atoms with Gasteiger partial charge in [-0.3, -0.25) is 4.79 Å². The molecule has 2 aromatic heterocycles. The number of anilines is 1. The highest BCUT2D eigenvalue weighted by Crippen LogP contribution is 2.32. The van der Waals surface area contributed by atoms with Gasteiger partial charge < -0.3 is 19.0 Å². The van der Waals surface area contributed by atoms with Gasteiger partial charge in [-0.1, -0.05) is 48.0 Å². The number of carbonyl (C=O) groups is 1. The van der Waals surface area contributed by atoms with Crippen molar-refractivity contribution in [3.63, 3.8) is 0 Å². The van der Waals surface area contributed by atoms with E-state index < -0.39 is 0 Å². The van der Waals surface area contributed by atoms with Gasteiger partial charge in [0.05, 0.1) is 24.1 Å². The first-order chi connectivity index (χ1) is 16.6. The SMILES string of the molecule is Cc1ccc(Oc2nc(N(C)Cc3ccccc3)nc3c2CN(C(=O)c2ccco2)CC3)cc1. The highest BCUT2D eigenvalue weighted by molar-refractivity contribution is 5.91. The molecule has 3 heterocycles. The summed E-state index contributed by atoms with van der Waals surface area (Å²) >= 11 is 0. The van der Waals surface area contributed by atoms with Gasteiger partial charge in [-0.15, -0.1) is 0 Å². The smallest absolute Gasteiger partial charge is 0.289 e. The molecule has 2 aromatic carbocycles. The van der Waals surface area contributed by atoms with Crippen LogP contribution < -0.4 is 9.64 Å². The second kappa shape index (κ2) is 9.39. The second-order valence-corrected chi connectivity index (χ2v) is 8.46. The van der Waals surface area contributed by atoms with Crippen LogP contribution in [0.1, 0.15) is 32.9 Å². The van der Waals surface area contributed by atoms with E-state index in [1.807, 2.05) is 61.3 Å². The van der Waals surface area contributed by atoms with Gasteiger partial charge in [0.15, 0.2) is 5.76 Å². The Labute approximate surface area is 198 Å². The molecule has 1 aliphatic heterocycles. The highest BCUT2D eigenvalue weighted by Gasteiger charge is 2.29. The molecule has 0 saturated carbocycles. The molecule has 0 bridgehead atoms. The standard InChI is InChI=1S/C27H26N4O3/c1-19-10-12-21(13-11-19)34-25-22-18-31(26(32)24-9-6-16-33-24)15-14-23(22)28-27(29-25)30(2)17-20-7-4-3-5-8-20/h3-13,16H,14-15,17-18H2,1-2H3. The number of hydrogen-bond acceptors (Lipinski definition) is 6. The van der Waals surface area contributed by atoms with Crippen LogP contribution >= 0.6 is 0 Å². The molecule has 34 heavy (non-hydrogen) atoms. The Morgan fingerprint density at radius 1 is 1.06 bits per heavy atom. The van der Waals surface area contributed by atoms with Crippen molar-refractivity contribution >= 4 is 11.9 Å². The lowest BCUT2D eigenvalue weighted by molar-refractivity contribution is 0.0699.